The van der Waals surface area contributed by atoms with Gasteiger partial charge in [0.15, 0.2) is 11.6 Å². The maximum atomic E-state index is 14.0. The molecule has 0 bridgehead atoms. The van der Waals surface area contributed by atoms with Gasteiger partial charge in [0.05, 0.1) is 5.69 Å². The van der Waals surface area contributed by atoms with Gasteiger partial charge in [-0.3, -0.25) is 0 Å². The Bertz CT molecular complexity index is 519. The molecular weight excluding hydrogens is 278 g/mol. The highest BCUT2D eigenvalue weighted by atomic mass is 32.1. The summed E-state index contributed by atoms with van der Waals surface area (Å²) in [7, 11) is 0. The van der Waals surface area contributed by atoms with E-state index in [2.05, 4.69) is 19.2 Å². The van der Waals surface area contributed by atoms with Crippen LogP contribution >= 0.6 is 12.2 Å². The first-order valence-corrected chi connectivity index (χ1v) is 7.35. The van der Waals surface area contributed by atoms with Crippen LogP contribution in [0.5, 0.6) is 0 Å². The average molecular weight is 298 g/mol. The topological polar surface area (TPSA) is 38.0 Å². The smallest absolute Gasteiger partial charge is 0.182 e. The van der Waals surface area contributed by atoms with Crippen molar-refractivity contribution in [2.24, 2.45) is 17.6 Å². The summed E-state index contributed by atoms with van der Waals surface area (Å²) in [5.74, 6) is -0.599. The first kappa shape index (κ1) is 15.2. The summed E-state index contributed by atoms with van der Waals surface area (Å²) in [6, 6.07) is 3.12. The lowest BCUT2D eigenvalue weighted by Crippen LogP contribution is -2.30. The van der Waals surface area contributed by atoms with Gasteiger partial charge in [0.2, 0.25) is 0 Å². The number of anilines is 1. The van der Waals surface area contributed by atoms with Gasteiger partial charge >= 0.3 is 0 Å². The van der Waals surface area contributed by atoms with Crippen LogP contribution in [-0.2, 0) is 0 Å². The second kappa shape index (κ2) is 6.04. The van der Waals surface area contributed by atoms with Crippen LogP contribution in [0.2, 0.25) is 0 Å². The summed E-state index contributed by atoms with van der Waals surface area (Å²) in [4.78, 5) is -0.131. The van der Waals surface area contributed by atoms with E-state index < -0.39 is 11.6 Å². The highest BCUT2D eigenvalue weighted by Gasteiger charge is 2.25. The number of hydrogen-bond donors (Lipinski definition) is 2. The van der Waals surface area contributed by atoms with E-state index in [1.54, 1.807) is 0 Å². The van der Waals surface area contributed by atoms with Gasteiger partial charge in [-0.25, -0.2) is 8.78 Å². The van der Waals surface area contributed by atoms with Crippen molar-refractivity contribution in [2.75, 3.05) is 5.32 Å². The van der Waals surface area contributed by atoms with Gasteiger partial charge in [-0.2, -0.15) is 0 Å². The average Bonchev–Trinajstić information content (AvgIpc) is 2.39. The first-order valence-electron chi connectivity index (χ1n) is 6.94. The first-order chi connectivity index (χ1) is 9.40. The molecule has 0 spiro atoms. The molecule has 5 heteroatoms. The SMILES string of the molecule is CC1CCC(Nc2ccc(C(N)=S)c(F)c2F)CC1C. The summed E-state index contributed by atoms with van der Waals surface area (Å²) in [6.07, 6.45) is 3.05. The van der Waals surface area contributed by atoms with Crippen LogP contribution in [-0.4, -0.2) is 11.0 Å². The van der Waals surface area contributed by atoms with E-state index >= 15 is 0 Å². The summed E-state index contributed by atoms with van der Waals surface area (Å²) >= 11 is 4.69. The Morgan fingerprint density at radius 1 is 1.20 bits per heavy atom. The van der Waals surface area contributed by atoms with Crippen molar-refractivity contribution in [3.8, 4) is 0 Å². The van der Waals surface area contributed by atoms with Gasteiger partial charge in [0.1, 0.15) is 4.99 Å². The van der Waals surface area contributed by atoms with Crippen molar-refractivity contribution in [3.05, 3.63) is 29.3 Å². The number of benzene rings is 1. The van der Waals surface area contributed by atoms with Gasteiger partial charge in [-0.1, -0.05) is 26.1 Å². The lowest BCUT2D eigenvalue weighted by molar-refractivity contribution is 0.260. The molecule has 3 unspecified atom stereocenters. The zero-order valence-electron chi connectivity index (χ0n) is 11.7. The summed E-state index contributed by atoms with van der Waals surface area (Å²) in [6.45, 7) is 4.43. The molecule has 0 aliphatic heterocycles. The second-order valence-corrected chi connectivity index (χ2v) is 6.20. The fourth-order valence-corrected chi connectivity index (χ4v) is 2.91. The lowest BCUT2D eigenvalue weighted by Gasteiger charge is -2.33. The highest BCUT2D eigenvalue weighted by Crippen LogP contribution is 2.32. The fourth-order valence-electron chi connectivity index (χ4n) is 2.75. The Hall–Kier alpha value is -1.23. The monoisotopic (exact) mass is 298 g/mol. The number of nitrogens with one attached hydrogen (secondary N) is 1. The van der Waals surface area contributed by atoms with Crippen LogP contribution in [0.4, 0.5) is 14.5 Å². The molecule has 1 aliphatic carbocycles. The molecule has 0 saturated heterocycles. The van der Waals surface area contributed by atoms with E-state index in [-0.39, 0.29) is 22.3 Å². The van der Waals surface area contributed by atoms with E-state index in [4.69, 9.17) is 18.0 Å². The number of hydrogen-bond acceptors (Lipinski definition) is 2. The zero-order chi connectivity index (χ0) is 14.9. The Morgan fingerprint density at radius 2 is 1.90 bits per heavy atom. The summed E-state index contributed by atoms with van der Waals surface area (Å²) in [5, 5.41) is 3.11. The second-order valence-electron chi connectivity index (χ2n) is 5.76. The van der Waals surface area contributed by atoms with Crippen molar-refractivity contribution in [1.82, 2.24) is 0 Å². The molecular formula is C15H20F2N2S. The van der Waals surface area contributed by atoms with Crippen LogP contribution in [0.3, 0.4) is 0 Å². The third-order valence-electron chi connectivity index (χ3n) is 4.31. The number of nitrogens with two attached hydrogens (primary N) is 1. The third-order valence-corrected chi connectivity index (χ3v) is 4.53. The van der Waals surface area contributed by atoms with Crippen LogP contribution < -0.4 is 11.1 Å². The molecule has 20 heavy (non-hydrogen) atoms. The van der Waals surface area contributed by atoms with Crippen LogP contribution in [0.25, 0.3) is 0 Å². The zero-order valence-corrected chi connectivity index (χ0v) is 12.6. The fraction of sp³-hybridized carbons (Fsp3) is 0.533. The Labute approximate surface area is 123 Å². The van der Waals surface area contributed by atoms with Crippen molar-refractivity contribution in [3.63, 3.8) is 0 Å². The number of halogens is 2. The molecule has 0 radical (unpaired) electrons. The summed E-state index contributed by atoms with van der Waals surface area (Å²) < 4.78 is 27.8. The van der Waals surface area contributed by atoms with Crippen molar-refractivity contribution < 1.29 is 8.78 Å². The maximum absolute atomic E-state index is 14.0. The van der Waals surface area contributed by atoms with E-state index in [1.807, 2.05) is 0 Å². The molecule has 1 aromatic rings. The molecule has 2 nitrogen and oxygen atoms in total. The molecule has 1 fully saturated rings. The normalized spacial score (nSPS) is 26.3. The molecule has 3 atom stereocenters. The van der Waals surface area contributed by atoms with Gasteiger partial charge < -0.3 is 11.1 Å². The minimum absolute atomic E-state index is 0.0475. The van der Waals surface area contributed by atoms with Crippen LogP contribution in [0.15, 0.2) is 12.1 Å². The lowest BCUT2D eigenvalue weighted by atomic mass is 9.79. The molecule has 0 aromatic heterocycles. The van der Waals surface area contributed by atoms with Gasteiger partial charge in [-0.05, 0) is 43.2 Å². The van der Waals surface area contributed by atoms with Crippen molar-refractivity contribution >= 4 is 22.9 Å². The molecule has 1 aromatic carbocycles. The van der Waals surface area contributed by atoms with Gasteiger partial charge in [-0.15, -0.1) is 0 Å². The predicted molar refractivity (Wildman–Crippen MR) is 81.8 cm³/mol. The summed E-state index contributed by atoms with van der Waals surface area (Å²) in [5.41, 5.74) is 5.50. The molecule has 110 valence electrons. The molecule has 3 N–H and O–H groups in total. The largest absolute Gasteiger partial charge is 0.389 e. The molecule has 1 saturated carbocycles. The Kier molecular flexibility index (Phi) is 4.58. The number of rotatable bonds is 3. The number of thiocarbonyl (C=S) groups is 1. The van der Waals surface area contributed by atoms with Crippen molar-refractivity contribution in [2.45, 2.75) is 39.2 Å². The van der Waals surface area contributed by atoms with Crippen LogP contribution in [0, 0.1) is 23.5 Å². The highest BCUT2D eigenvalue weighted by molar-refractivity contribution is 7.80. The van der Waals surface area contributed by atoms with Gasteiger partial charge in [0.25, 0.3) is 0 Å². The Balaban J connectivity index is 2.14. The maximum Gasteiger partial charge on any atom is 0.182 e. The van der Waals surface area contributed by atoms with Crippen molar-refractivity contribution in [1.29, 1.82) is 0 Å². The van der Waals surface area contributed by atoms with E-state index in [1.165, 1.54) is 12.1 Å². The molecule has 1 aliphatic rings. The van der Waals surface area contributed by atoms with E-state index in [0.717, 1.165) is 19.3 Å². The molecule has 2 rings (SSSR count). The van der Waals surface area contributed by atoms with E-state index in [0.29, 0.717) is 11.8 Å². The Morgan fingerprint density at radius 3 is 2.50 bits per heavy atom. The minimum atomic E-state index is -0.972. The standard InChI is InChI=1S/C15H20F2N2S/c1-8-3-4-10(7-9(8)2)19-12-6-5-11(15(18)20)13(16)14(12)17/h5-6,8-10,19H,3-4,7H2,1-2H3,(H2,18,20). The molecule has 0 amide bonds. The minimum Gasteiger partial charge on any atom is -0.389 e. The van der Waals surface area contributed by atoms with Gasteiger partial charge in [0, 0.05) is 11.6 Å². The quantitative estimate of drug-likeness (QED) is 0.833. The molecule has 0 heterocycles. The predicted octanol–water partition coefficient (Wildman–Crippen LogP) is 3.84. The van der Waals surface area contributed by atoms with E-state index in [9.17, 15) is 8.78 Å². The van der Waals surface area contributed by atoms with Crippen LogP contribution in [0.1, 0.15) is 38.7 Å². The third kappa shape index (κ3) is 3.08.